The topological polar surface area (TPSA) is 64.2 Å². The molecule has 114 valence electrons. The molecule has 0 unspecified atom stereocenters. The molecule has 0 N–H and O–H groups in total. The molecule has 7 heteroatoms. The Morgan fingerprint density at radius 1 is 1.50 bits per heavy atom. The molecule has 0 atom stereocenters. The minimum atomic E-state index is -0.171. The van der Waals surface area contributed by atoms with Crippen molar-refractivity contribution in [3.05, 3.63) is 46.7 Å². The van der Waals surface area contributed by atoms with Crippen molar-refractivity contribution in [1.29, 1.82) is 0 Å². The van der Waals surface area contributed by atoms with Gasteiger partial charge in [0.1, 0.15) is 0 Å². The maximum absolute atomic E-state index is 12.4. The van der Waals surface area contributed by atoms with Gasteiger partial charge in [0.25, 0.3) is 5.91 Å². The first-order valence-electron chi connectivity index (χ1n) is 6.80. The van der Waals surface area contributed by atoms with Gasteiger partial charge in [-0.2, -0.15) is 5.10 Å². The summed E-state index contributed by atoms with van der Waals surface area (Å²) in [4.78, 5) is 15.0. The molecule has 6 nitrogen and oxygen atoms in total. The standard InChI is InChI=1S/C15H16N4O2S/c1-10-11(8-16-19(10)3)9-18(2)15(20)12-7-13(21-17-12)14-5-4-6-22-14/h4-8H,9H2,1-3H3. The van der Waals surface area contributed by atoms with Crippen LogP contribution in [0.25, 0.3) is 10.6 Å². The second-order valence-corrected chi connectivity index (χ2v) is 6.04. The molecular weight excluding hydrogens is 300 g/mol. The summed E-state index contributed by atoms with van der Waals surface area (Å²) in [6, 6.07) is 5.55. The Balaban J connectivity index is 1.75. The average Bonchev–Trinajstić information content (AvgIpc) is 3.23. The molecule has 3 aromatic heterocycles. The van der Waals surface area contributed by atoms with E-state index >= 15 is 0 Å². The van der Waals surface area contributed by atoms with Gasteiger partial charge in [0.05, 0.1) is 11.1 Å². The number of aromatic nitrogens is 3. The Morgan fingerprint density at radius 2 is 2.32 bits per heavy atom. The molecular formula is C15H16N4O2S. The van der Waals surface area contributed by atoms with Crippen LogP contribution in [-0.2, 0) is 13.6 Å². The summed E-state index contributed by atoms with van der Waals surface area (Å²) in [5.74, 6) is 0.444. The van der Waals surface area contributed by atoms with Crippen LogP contribution >= 0.6 is 11.3 Å². The Morgan fingerprint density at radius 3 is 2.95 bits per heavy atom. The zero-order valence-electron chi connectivity index (χ0n) is 12.6. The lowest BCUT2D eigenvalue weighted by Crippen LogP contribution is -2.26. The van der Waals surface area contributed by atoms with Crippen LogP contribution in [0.15, 0.2) is 34.3 Å². The third kappa shape index (κ3) is 2.67. The Labute approximate surface area is 132 Å². The van der Waals surface area contributed by atoms with Crippen molar-refractivity contribution in [2.45, 2.75) is 13.5 Å². The lowest BCUT2D eigenvalue weighted by molar-refractivity contribution is 0.0774. The van der Waals surface area contributed by atoms with E-state index in [2.05, 4.69) is 10.3 Å². The molecule has 0 bridgehead atoms. The highest BCUT2D eigenvalue weighted by molar-refractivity contribution is 7.13. The Bertz CT molecular complexity index is 788. The fourth-order valence-corrected chi connectivity index (χ4v) is 2.81. The number of hydrogen-bond donors (Lipinski definition) is 0. The fourth-order valence-electron chi connectivity index (χ4n) is 2.13. The van der Waals surface area contributed by atoms with Crippen LogP contribution in [-0.4, -0.2) is 32.8 Å². The Kier molecular flexibility index (Phi) is 3.81. The van der Waals surface area contributed by atoms with Gasteiger partial charge in [-0.3, -0.25) is 9.48 Å². The number of hydrogen-bond acceptors (Lipinski definition) is 5. The van der Waals surface area contributed by atoms with Crippen LogP contribution in [0.3, 0.4) is 0 Å². The van der Waals surface area contributed by atoms with Crippen LogP contribution < -0.4 is 0 Å². The molecule has 3 aromatic rings. The van der Waals surface area contributed by atoms with Gasteiger partial charge in [-0.15, -0.1) is 11.3 Å². The number of aryl methyl sites for hydroxylation is 1. The van der Waals surface area contributed by atoms with Crippen molar-refractivity contribution in [2.75, 3.05) is 7.05 Å². The second-order valence-electron chi connectivity index (χ2n) is 5.09. The zero-order chi connectivity index (χ0) is 15.7. The quantitative estimate of drug-likeness (QED) is 0.742. The minimum Gasteiger partial charge on any atom is -0.355 e. The molecule has 0 saturated heterocycles. The molecule has 0 aromatic carbocycles. The molecule has 22 heavy (non-hydrogen) atoms. The highest BCUT2D eigenvalue weighted by atomic mass is 32.1. The first kappa shape index (κ1) is 14.5. The van der Waals surface area contributed by atoms with Crippen LogP contribution in [0.5, 0.6) is 0 Å². The zero-order valence-corrected chi connectivity index (χ0v) is 13.4. The predicted molar refractivity (Wildman–Crippen MR) is 83.6 cm³/mol. The van der Waals surface area contributed by atoms with Gasteiger partial charge in [-0.1, -0.05) is 11.2 Å². The van der Waals surface area contributed by atoms with Crippen LogP contribution in [0.4, 0.5) is 0 Å². The van der Waals surface area contributed by atoms with Crippen molar-refractivity contribution in [1.82, 2.24) is 19.8 Å². The number of amides is 1. The Hall–Kier alpha value is -2.41. The van der Waals surface area contributed by atoms with Gasteiger partial charge in [-0.25, -0.2) is 0 Å². The molecule has 3 heterocycles. The summed E-state index contributed by atoms with van der Waals surface area (Å²) in [6.45, 7) is 2.46. The highest BCUT2D eigenvalue weighted by Gasteiger charge is 2.19. The monoisotopic (exact) mass is 316 g/mol. The largest absolute Gasteiger partial charge is 0.355 e. The van der Waals surface area contributed by atoms with Gasteiger partial charge >= 0.3 is 0 Å². The van der Waals surface area contributed by atoms with E-state index in [0.29, 0.717) is 18.0 Å². The van der Waals surface area contributed by atoms with Gasteiger partial charge in [0, 0.05) is 38.0 Å². The van der Waals surface area contributed by atoms with Crippen molar-refractivity contribution in [2.24, 2.45) is 7.05 Å². The smallest absolute Gasteiger partial charge is 0.276 e. The minimum absolute atomic E-state index is 0.171. The molecule has 0 aliphatic heterocycles. The van der Waals surface area contributed by atoms with Crippen molar-refractivity contribution < 1.29 is 9.32 Å². The highest BCUT2D eigenvalue weighted by Crippen LogP contribution is 2.25. The summed E-state index contributed by atoms with van der Waals surface area (Å²) >= 11 is 1.55. The van der Waals surface area contributed by atoms with Crippen molar-refractivity contribution >= 4 is 17.2 Å². The summed E-state index contributed by atoms with van der Waals surface area (Å²) in [5, 5.41) is 10.0. The van der Waals surface area contributed by atoms with E-state index in [0.717, 1.165) is 16.1 Å². The first-order chi connectivity index (χ1) is 10.6. The lowest BCUT2D eigenvalue weighted by atomic mass is 10.2. The summed E-state index contributed by atoms with van der Waals surface area (Å²) in [6.07, 6.45) is 1.78. The first-order valence-corrected chi connectivity index (χ1v) is 7.67. The molecule has 0 spiro atoms. The number of thiophene rings is 1. The average molecular weight is 316 g/mol. The van der Waals surface area contributed by atoms with Gasteiger partial charge < -0.3 is 9.42 Å². The molecule has 0 aliphatic carbocycles. The molecule has 0 aliphatic rings. The van der Waals surface area contributed by atoms with Crippen molar-refractivity contribution in [3.63, 3.8) is 0 Å². The number of carbonyl (C=O) groups excluding carboxylic acids is 1. The predicted octanol–water partition coefficient (Wildman–Crippen LogP) is 2.72. The molecule has 0 saturated carbocycles. The molecule has 1 amide bonds. The van der Waals surface area contributed by atoms with Gasteiger partial charge in [0.2, 0.25) is 0 Å². The third-order valence-corrected chi connectivity index (χ3v) is 4.47. The summed E-state index contributed by atoms with van der Waals surface area (Å²) < 4.78 is 7.05. The summed E-state index contributed by atoms with van der Waals surface area (Å²) in [7, 11) is 3.62. The van der Waals surface area contributed by atoms with E-state index in [9.17, 15) is 4.79 Å². The van der Waals surface area contributed by atoms with E-state index in [-0.39, 0.29) is 5.91 Å². The third-order valence-electron chi connectivity index (χ3n) is 3.58. The molecule has 3 rings (SSSR count). The van der Waals surface area contributed by atoms with Crippen LogP contribution in [0, 0.1) is 6.92 Å². The molecule has 0 radical (unpaired) electrons. The number of nitrogens with zero attached hydrogens (tertiary/aromatic N) is 4. The summed E-state index contributed by atoms with van der Waals surface area (Å²) in [5.41, 5.74) is 2.37. The normalized spacial score (nSPS) is 10.9. The van der Waals surface area contributed by atoms with Crippen molar-refractivity contribution in [3.8, 4) is 10.6 Å². The van der Waals surface area contributed by atoms with Crippen LogP contribution in [0.1, 0.15) is 21.7 Å². The van der Waals surface area contributed by atoms with E-state index in [1.165, 1.54) is 0 Å². The van der Waals surface area contributed by atoms with E-state index in [4.69, 9.17) is 4.52 Å². The molecule has 0 fully saturated rings. The maximum atomic E-state index is 12.4. The van der Waals surface area contributed by atoms with E-state index in [1.54, 1.807) is 40.2 Å². The number of rotatable bonds is 4. The fraction of sp³-hybridized carbons (Fsp3) is 0.267. The van der Waals surface area contributed by atoms with Gasteiger partial charge in [0.15, 0.2) is 11.5 Å². The van der Waals surface area contributed by atoms with E-state index in [1.807, 2.05) is 31.5 Å². The van der Waals surface area contributed by atoms with Crippen LogP contribution in [0.2, 0.25) is 0 Å². The SMILES string of the molecule is Cc1c(CN(C)C(=O)c2cc(-c3cccs3)on2)cnn1C. The number of carbonyl (C=O) groups is 1. The van der Waals surface area contributed by atoms with E-state index < -0.39 is 0 Å². The maximum Gasteiger partial charge on any atom is 0.276 e. The van der Waals surface area contributed by atoms with Gasteiger partial charge in [-0.05, 0) is 18.4 Å². The second kappa shape index (κ2) is 5.76. The lowest BCUT2D eigenvalue weighted by Gasteiger charge is -2.15.